The lowest BCUT2D eigenvalue weighted by molar-refractivity contribution is -0.142. The molecule has 0 unspecified atom stereocenters. The van der Waals surface area contributed by atoms with Crippen LogP contribution in [0.25, 0.3) is 0 Å². The summed E-state index contributed by atoms with van der Waals surface area (Å²) >= 11 is 1.47. The van der Waals surface area contributed by atoms with E-state index in [-0.39, 0.29) is 12.4 Å². The zero-order valence-corrected chi connectivity index (χ0v) is 12.7. The molecule has 0 saturated heterocycles. The van der Waals surface area contributed by atoms with Gasteiger partial charge in [-0.05, 0) is 19.1 Å². The highest BCUT2D eigenvalue weighted by Crippen LogP contribution is 2.16. The lowest BCUT2D eigenvalue weighted by Crippen LogP contribution is -2.11. The number of nitrogens with zero attached hydrogens (tertiary/aromatic N) is 1. The van der Waals surface area contributed by atoms with Crippen LogP contribution >= 0.6 is 11.3 Å². The van der Waals surface area contributed by atoms with Gasteiger partial charge in [-0.25, -0.2) is 4.98 Å². The quantitative estimate of drug-likeness (QED) is 0.600. The van der Waals surface area contributed by atoms with Crippen LogP contribution < -0.4 is 10.1 Å². The van der Waals surface area contributed by atoms with Crippen LogP contribution in [0.2, 0.25) is 0 Å². The molecule has 0 aliphatic rings. The smallest absolute Gasteiger partial charge is 0.311 e. The number of aromatic nitrogens is 1. The predicted molar refractivity (Wildman–Crippen MR) is 82.9 cm³/mol. The largest absolute Gasteiger partial charge is 0.492 e. The molecule has 2 rings (SSSR count). The second kappa shape index (κ2) is 8.26. The van der Waals surface area contributed by atoms with E-state index in [1.807, 2.05) is 35.7 Å². The second-order valence-electron chi connectivity index (χ2n) is 4.21. The second-order valence-corrected chi connectivity index (χ2v) is 5.07. The SMILES string of the molecule is CCOC(=O)Cc1csc(NCCOc2ccccc2)n1. The molecule has 6 heteroatoms. The summed E-state index contributed by atoms with van der Waals surface area (Å²) in [6.07, 6.45) is 0.215. The molecule has 5 nitrogen and oxygen atoms in total. The van der Waals surface area contributed by atoms with Crippen LogP contribution in [0.4, 0.5) is 5.13 Å². The number of carbonyl (C=O) groups excluding carboxylic acids is 1. The van der Waals surface area contributed by atoms with E-state index >= 15 is 0 Å². The maximum atomic E-state index is 11.3. The lowest BCUT2D eigenvalue weighted by atomic mass is 10.3. The minimum atomic E-state index is -0.248. The molecular formula is C15H18N2O3S. The number of nitrogens with one attached hydrogen (secondary N) is 1. The van der Waals surface area contributed by atoms with Gasteiger partial charge in [0.1, 0.15) is 12.4 Å². The summed E-state index contributed by atoms with van der Waals surface area (Å²) < 4.78 is 10.5. The van der Waals surface area contributed by atoms with Gasteiger partial charge < -0.3 is 14.8 Å². The lowest BCUT2D eigenvalue weighted by Gasteiger charge is -2.06. The number of ether oxygens (including phenoxy) is 2. The van der Waals surface area contributed by atoms with E-state index < -0.39 is 0 Å². The highest BCUT2D eigenvalue weighted by molar-refractivity contribution is 7.13. The summed E-state index contributed by atoms with van der Waals surface area (Å²) in [6, 6.07) is 9.66. The number of hydrogen-bond acceptors (Lipinski definition) is 6. The van der Waals surface area contributed by atoms with E-state index in [1.54, 1.807) is 6.92 Å². The van der Waals surface area contributed by atoms with Crippen molar-refractivity contribution in [3.05, 3.63) is 41.4 Å². The minimum absolute atomic E-state index is 0.215. The Morgan fingerprint density at radius 1 is 1.33 bits per heavy atom. The first-order valence-electron chi connectivity index (χ1n) is 6.79. The molecule has 0 bridgehead atoms. The van der Waals surface area contributed by atoms with Crippen LogP contribution in [0.3, 0.4) is 0 Å². The summed E-state index contributed by atoms with van der Waals surface area (Å²) in [5.74, 6) is 0.600. The van der Waals surface area contributed by atoms with Gasteiger partial charge in [0, 0.05) is 5.38 Å². The van der Waals surface area contributed by atoms with Crippen molar-refractivity contribution in [2.24, 2.45) is 0 Å². The first-order chi connectivity index (χ1) is 10.3. The molecule has 0 radical (unpaired) electrons. The van der Waals surface area contributed by atoms with Crippen molar-refractivity contribution >= 4 is 22.4 Å². The Kier molecular flexibility index (Phi) is 6.02. The normalized spacial score (nSPS) is 10.1. The molecule has 1 N–H and O–H groups in total. The van der Waals surface area contributed by atoms with Gasteiger partial charge in [0.05, 0.1) is 25.3 Å². The van der Waals surface area contributed by atoms with Crippen molar-refractivity contribution in [2.75, 3.05) is 25.1 Å². The molecule has 0 fully saturated rings. The molecule has 1 aromatic heterocycles. The van der Waals surface area contributed by atoms with E-state index in [4.69, 9.17) is 9.47 Å². The molecule has 112 valence electrons. The number of carbonyl (C=O) groups is 1. The van der Waals surface area contributed by atoms with Gasteiger partial charge in [0.25, 0.3) is 0 Å². The number of esters is 1. The molecule has 1 heterocycles. The van der Waals surface area contributed by atoms with Crippen LogP contribution in [0.15, 0.2) is 35.7 Å². The third-order valence-electron chi connectivity index (χ3n) is 2.57. The zero-order chi connectivity index (χ0) is 14.9. The Bertz CT molecular complexity index is 557. The van der Waals surface area contributed by atoms with Crippen molar-refractivity contribution in [2.45, 2.75) is 13.3 Å². The highest BCUT2D eigenvalue weighted by atomic mass is 32.1. The van der Waals surface area contributed by atoms with Gasteiger partial charge in [0.2, 0.25) is 0 Å². The van der Waals surface area contributed by atoms with Crippen LogP contribution in [0.5, 0.6) is 5.75 Å². The minimum Gasteiger partial charge on any atom is -0.492 e. The standard InChI is InChI=1S/C15H18N2O3S/c1-2-19-14(18)10-12-11-21-15(17-12)16-8-9-20-13-6-4-3-5-7-13/h3-7,11H,2,8-10H2,1H3,(H,16,17). The number of benzene rings is 1. The molecule has 1 aromatic carbocycles. The molecule has 0 aliphatic heterocycles. The summed E-state index contributed by atoms with van der Waals surface area (Å²) in [6.45, 7) is 3.39. The first-order valence-corrected chi connectivity index (χ1v) is 7.67. The van der Waals surface area contributed by atoms with Gasteiger partial charge >= 0.3 is 5.97 Å². The fraction of sp³-hybridized carbons (Fsp3) is 0.333. The molecule has 2 aromatic rings. The van der Waals surface area contributed by atoms with Gasteiger partial charge in [-0.1, -0.05) is 18.2 Å². The van der Waals surface area contributed by atoms with Crippen LogP contribution in [0, 0.1) is 0 Å². The van der Waals surface area contributed by atoms with Crippen LogP contribution in [-0.4, -0.2) is 30.7 Å². The molecule has 0 aliphatic carbocycles. The van der Waals surface area contributed by atoms with E-state index in [2.05, 4.69) is 10.3 Å². The van der Waals surface area contributed by atoms with Gasteiger partial charge in [0.15, 0.2) is 5.13 Å². The number of para-hydroxylation sites is 1. The van der Waals surface area contributed by atoms with Crippen molar-refractivity contribution in [1.82, 2.24) is 4.98 Å². The summed E-state index contributed by atoms with van der Waals surface area (Å²) in [4.78, 5) is 15.7. The Morgan fingerprint density at radius 3 is 2.90 bits per heavy atom. The predicted octanol–water partition coefficient (Wildman–Crippen LogP) is 2.74. The van der Waals surface area contributed by atoms with Crippen molar-refractivity contribution in [3.63, 3.8) is 0 Å². The Hall–Kier alpha value is -2.08. The topological polar surface area (TPSA) is 60.5 Å². The highest BCUT2D eigenvalue weighted by Gasteiger charge is 2.08. The molecule has 21 heavy (non-hydrogen) atoms. The van der Waals surface area contributed by atoms with Crippen LogP contribution in [0.1, 0.15) is 12.6 Å². The van der Waals surface area contributed by atoms with E-state index in [0.717, 1.165) is 16.6 Å². The van der Waals surface area contributed by atoms with Gasteiger partial charge in [-0.2, -0.15) is 0 Å². The van der Waals surface area contributed by atoms with Crippen LogP contribution in [-0.2, 0) is 16.0 Å². The Balaban J connectivity index is 1.69. The summed E-state index contributed by atoms with van der Waals surface area (Å²) in [5, 5.41) is 5.81. The van der Waals surface area contributed by atoms with Gasteiger partial charge in [-0.15, -0.1) is 11.3 Å². The molecular weight excluding hydrogens is 288 g/mol. The Labute approximate surface area is 127 Å². The zero-order valence-electron chi connectivity index (χ0n) is 11.9. The molecule has 0 atom stereocenters. The molecule has 0 spiro atoms. The molecule has 0 saturated carbocycles. The van der Waals surface area contributed by atoms with Crippen molar-refractivity contribution < 1.29 is 14.3 Å². The third-order valence-corrected chi connectivity index (χ3v) is 3.42. The summed E-state index contributed by atoms with van der Waals surface area (Å²) in [7, 11) is 0. The Morgan fingerprint density at radius 2 is 2.14 bits per heavy atom. The average Bonchev–Trinajstić information content (AvgIpc) is 2.92. The maximum Gasteiger partial charge on any atom is 0.311 e. The van der Waals surface area contributed by atoms with E-state index in [9.17, 15) is 4.79 Å². The fourth-order valence-electron chi connectivity index (χ4n) is 1.67. The number of thiazole rings is 1. The summed E-state index contributed by atoms with van der Waals surface area (Å²) in [5.41, 5.74) is 0.727. The third kappa shape index (κ3) is 5.43. The first kappa shape index (κ1) is 15.3. The number of anilines is 1. The fourth-order valence-corrected chi connectivity index (χ4v) is 2.41. The van der Waals surface area contributed by atoms with Crippen molar-refractivity contribution in [3.8, 4) is 5.75 Å². The van der Waals surface area contributed by atoms with E-state index in [0.29, 0.717) is 19.8 Å². The monoisotopic (exact) mass is 306 g/mol. The maximum absolute atomic E-state index is 11.3. The van der Waals surface area contributed by atoms with E-state index in [1.165, 1.54) is 11.3 Å². The number of rotatable bonds is 8. The average molecular weight is 306 g/mol. The number of hydrogen-bond donors (Lipinski definition) is 1. The molecule has 0 amide bonds. The van der Waals surface area contributed by atoms with Crippen molar-refractivity contribution in [1.29, 1.82) is 0 Å². The van der Waals surface area contributed by atoms with Gasteiger partial charge in [-0.3, -0.25) is 4.79 Å².